The predicted molar refractivity (Wildman–Crippen MR) is 83.0 cm³/mol. The first kappa shape index (κ1) is 15.1. The Hall–Kier alpha value is -2.31. The Morgan fingerprint density at radius 3 is 2.52 bits per heavy atom. The van der Waals surface area contributed by atoms with Gasteiger partial charge in [0.15, 0.2) is 0 Å². The molecule has 106 valence electrons. The Morgan fingerprint density at radius 1 is 1.24 bits per heavy atom. The second kappa shape index (κ2) is 6.92. The molecule has 4 heteroatoms. The van der Waals surface area contributed by atoms with Crippen LogP contribution in [0.15, 0.2) is 48.5 Å². The van der Waals surface area contributed by atoms with Crippen molar-refractivity contribution in [2.45, 2.75) is 13.5 Å². The molecule has 3 nitrogen and oxygen atoms in total. The number of benzene rings is 2. The van der Waals surface area contributed by atoms with Crippen molar-refractivity contribution in [3.63, 3.8) is 0 Å². The third kappa shape index (κ3) is 3.84. The Labute approximate surface area is 129 Å². The Morgan fingerprint density at radius 2 is 1.95 bits per heavy atom. The zero-order valence-corrected chi connectivity index (χ0v) is 12.5. The van der Waals surface area contributed by atoms with Gasteiger partial charge < -0.3 is 4.90 Å². The molecule has 0 spiro atoms. The van der Waals surface area contributed by atoms with Crippen molar-refractivity contribution < 1.29 is 4.79 Å². The van der Waals surface area contributed by atoms with Gasteiger partial charge in [-0.05, 0) is 48.9 Å². The van der Waals surface area contributed by atoms with E-state index in [1.807, 2.05) is 37.3 Å². The van der Waals surface area contributed by atoms with Crippen LogP contribution in [0.5, 0.6) is 0 Å². The van der Waals surface area contributed by atoms with Gasteiger partial charge in [-0.15, -0.1) is 0 Å². The van der Waals surface area contributed by atoms with Gasteiger partial charge in [-0.2, -0.15) is 5.26 Å². The highest BCUT2D eigenvalue weighted by molar-refractivity contribution is 6.30. The third-order valence-electron chi connectivity index (χ3n) is 3.19. The van der Waals surface area contributed by atoms with Crippen LogP contribution in [0.1, 0.15) is 28.4 Å². The molecule has 1 amide bonds. The lowest BCUT2D eigenvalue weighted by Crippen LogP contribution is -2.30. The largest absolute Gasteiger partial charge is 0.335 e. The molecule has 0 aliphatic carbocycles. The lowest BCUT2D eigenvalue weighted by atomic mass is 10.1. The number of hydrogen-bond donors (Lipinski definition) is 0. The Kier molecular flexibility index (Phi) is 4.97. The smallest absolute Gasteiger partial charge is 0.254 e. The maximum atomic E-state index is 12.5. The number of amides is 1. The lowest BCUT2D eigenvalue weighted by molar-refractivity contribution is 0.0752. The normalized spacial score (nSPS) is 9.95. The van der Waals surface area contributed by atoms with Crippen LogP contribution in [0.2, 0.25) is 5.02 Å². The Balaban J connectivity index is 2.16. The van der Waals surface area contributed by atoms with Gasteiger partial charge in [0, 0.05) is 23.7 Å². The summed E-state index contributed by atoms with van der Waals surface area (Å²) in [5.41, 5.74) is 2.12. The van der Waals surface area contributed by atoms with Crippen LogP contribution in [0.4, 0.5) is 0 Å². The number of hydrogen-bond acceptors (Lipinski definition) is 2. The first-order chi connectivity index (χ1) is 10.1. The van der Waals surface area contributed by atoms with Gasteiger partial charge >= 0.3 is 0 Å². The monoisotopic (exact) mass is 298 g/mol. The number of carbonyl (C=O) groups excluding carboxylic acids is 1. The highest BCUT2D eigenvalue weighted by atomic mass is 35.5. The van der Waals surface area contributed by atoms with E-state index in [9.17, 15) is 4.79 Å². The van der Waals surface area contributed by atoms with Gasteiger partial charge in [0.2, 0.25) is 0 Å². The van der Waals surface area contributed by atoms with Gasteiger partial charge in [0.05, 0.1) is 11.6 Å². The summed E-state index contributed by atoms with van der Waals surface area (Å²) in [6.45, 7) is 3.05. The number of rotatable bonds is 4. The van der Waals surface area contributed by atoms with Crippen LogP contribution in [0.3, 0.4) is 0 Å². The molecule has 2 aromatic rings. The van der Waals surface area contributed by atoms with E-state index in [4.69, 9.17) is 16.9 Å². The molecule has 2 aromatic carbocycles. The SMILES string of the molecule is CCN(Cc1cccc(Cl)c1)C(=O)c1ccc(C#N)cc1. The molecule has 0 unspecified atom stereocenters. The molecule has 0 N–H and O–H groups in total. The van der Waals surface area contributed by atoms with E-state index >= 15 is 0 Å². The second-order valence-corrected chi connectivity index (χ2v) is 5.07. The summed E-state index contributed by atoms with van der Waals surface area (Å²) in [4.78, 5) is 14.2. The summed E-state index contributed by atoms with van der Waals surface area (Å²) in [6.07, 6.45) is 0. The van der Waals surface area contributed by atoms with Crippen molar-refractivity contribution in [2.24, 2.45) is 0 Å². The number of halogens is 1. The molecular formula is C17H15ClN2O. The minimum Gasteiger partial charge on any atom is -0.335 e. The summed E-state index contributed by atoms with van der Waals surface area (Å²) in [5, 5.41) is 9.45. The average molecular weight is 299 g/mol. The van der Waals surface area contributed by atoms with Gasteiger partial charge in [-0.1, -0.05) is 23.7 Å². The maximum absolute atomic E-state index is 12.5. The zero-order valence-electron chi connectivity index (χ0n) is 11.7. The standard InChI is InChI=1S/C17H15ClN2O/c1-2-20(12-14-4-3-5-16(18)10-14)17(21)15-8-6-13(11-19)7-9-15/h3-10H,2,12H2,1H3. The zero-order chi connectivity index (χ0) is 15.2. The van der Waals surface area contributed by atoms with Crippen molar-refractivity contribution in [2.75, 3.05) is 6.54 Å². The first-order valence-corrected chi connectivity index (χ1v) is 7.05. The summed E-state index contributed by atoms with van der Waals surface area (Å²) in [5.74, 6) is -0.0537. The molecule has 0 saturated heterocycles. The van der Waals surface area contributed by atoms with E-state index in [-0.39, 0.29) is 5.91 Å². The number of nitrogens with zero attached hydrogens (tertiary/aromatic N) is 2. The third-order valence-corrected chi connectivity index (χ3v) is 3.43. The van der Waals surface area contributed by atoms with Gasteiger partial charge in [-0.3, -0.25) is 4.79 Å². The number of nitriles is 1. The molecule has 0 fully saturated rings. The second-order valence-electron chi connectivity index (χ2n) is 4.64. The van der Waals surface area contributed by atoms with Crippen molar-refractivity contribution in [3.8, 4) is 6.07 Å². The molecule has 0 aliphatic heterocycles. The molecule has 0 aliphatic rings. The van der Waals surface area contributed by atoms with E-state index in [1.165, 1.54) is 0 Å². The minimum absolute atomic E-state index is 0.0537. The van der Waals surface area contributed by atoms with Gasteiger partial charge in [0.25, 0.3) is 5.91 Å². The fourth-order valence-corrected chi connectivity index (χ4v) is 2.27. The van der Waals surface area contributed by atoms with Crippen molar-refractivity contribution >= 4 is 17.5 Å². The van der Waals surface area contributed by atoms with Crippen LogP contribution >= 0.6 is 11.6 Å². The topological polar surface area (TPSA) is 44.1 Å². The van der Waals surface area contributed by atoms with E-state index in [0.29, 0.717) is 29.2 Å². The quantitative estimate of drug-likeness (QED) is 0.860. The molecular weight excluding hydrogens is 284 g/mol. The van der Waals surface area contributed by atoms with Crippen molar-refractivity contribution in [3.05, 3.63) is 70.2 Å². The average Bonchev–Trinajstić information content (AvgIpc) is 2.52. The van der Waals surface area contributed by atoms with Crippen LogP contribution < -0.4 is 0 Å². The van der Waals surface area contributed by atoms with E-state index in [0.717, 1.165) is 5.56 Å². The van der Waals surface area contributed by atoms with Crippen molar-refractivity contribution in [1.29, 1.82) is 5.26 Å². The highest BCUT2D eigenvalue weighted by Crippen LogP contribution is 2.15. The fraction of sp³-hybridized carbons (Fsp3) is 0.176. The summed E-state index contributed by atoms with van der Waals surface area (Å²) in [7, 11) is 0. The molecule has 0 radical (unpaired) electrons. The highest BCUT2D eigenvalue weighted by Gasteiger charge is 2.14. The molecule has 0 aromatic heterocycles. The van der Waals surface area contributed by atoms with E-state index in [1.54, 1.807) is 29.2 Å². The van der Waals surface area contributed by atoms with Crippen LogP contribution in [-0.2, 0) is 6.54 Å². The lowest BCUT2D eigenvalue weighted by Gasteiger charge is -2.21. The molecule has 0 bridgehead atoms. The van der Waals surface area contributed by atoms with Crippen LogP contribution in [0, 0.1) is 11.3 Å². The minimum atomic E-state index is -0.0537. The van der Waals surface area contributed by atoms with E-state index in [2.05, 4.69) is 0 Å². The van der Waals surface area contributed by atoms with Crippen LogP contribution in [0.25, 0.3) is 0 Å². The van der Waals surface area contributed by atoms with E-state index < -0.39 is 0 Å². The summed E-state index contributed by atoms with van der Waals surface area (Å²) >= 11 is 5.97. The predicted octanol–water partition coefficient (Wildman–Crippen LogP) is 3.87. The van der Waals surface area contributed by atoms with Gasteiger partial charge in [0.1, 0.15) is 0 Å². The first-order valence-electron chi connectivity index (χ1n) is 6.68. The van der Waals surface area contributed by atoms with Crippen LogP contribution in [-0.4, -0.2) is 17.4 Å². The molecule has 0 saturated carbocycles. The molecule has 0 atom stereocenters. The summed E-state index contributed by atoms with van der Waals surface area (Å²) < 4.78 is 0. The Bertz CT molecular complexity index is 674. The molecule has 0 heterocycles. The number of carbonyl (C=O) groups is 1. The fourth-order valence-electron chi connectivity index (χ4n) is 2.05. The maximum Gasteiger partial charge on any atom is 0.254 e. The van der Waals surface area contributed by atoms with Gasteiger partial charge in [-0.25, -0.2) is 0 Å². The van der Waals surface area contributed by atoms with Crippen molar-refractivity contribution in [1.82, 2.24) is 4.90 Å². The molecule has 2 rings (SSSR count). The summed E-state index contributed by atoms with van der Waals surface area (Å²) in [6, 6.07) is 16.2. The molecule has 21 heavy (non-hydrogen) atoms.